The molecule has 5 nitrogen and oxygen atoms in total. The third-order valence-electron chi connectivity index (χ3n) is 3.27. The molecule has 0 unspecified atom stereocenters. The largest absolute Gasteiger partial charge is 0.338 e. The van der Waals surface area contributed by atoms with Crippen LogP contribution in [0.15, 0.2) is 41.0 Å². The fraction of sp³-hybridized carbons (Fsp3) is 0.0714. The molecule has 0 saturated heterocycles. The fourth-order valence-electron chi connectivity index (χ4n) is 2.30. The predicted octanol–water partition coefficient (Wildman–Crippen LogP) is 3.07. The lowest BCUT2D eigenvalue weighted by molar-refractivity contribution is 0.315. The van der Waals surface area contributed by atoms with Crippen molar-refractivity contribution >= 4 is 22.1 Å². The van der Waals surface area contributed by atoms with Crippen LogP contribution in [0.3, 0.4) is 0 Å². The van der Waals surface area contributed by atoms with E-state index in [1.54, 1.807) is 0 Å². The number of rotatable bonds is 1. The van der Waals surface area contributed by atoms with E-state index in [1.165, 1.54) is 5.56 Å². The summed E-state index contributed by atoms with van der Waals surface area (Å²) >= 11 is 0. The third-order valence-corrected chi connectivity index (χ3v) is 3.27. The van der Waals surface area contributed by atoms with Crippen molar-refractivity contribution < 1.29 is 4.63 Å². The summed E-state index contributed by atoms with van der Waals surface area (Å²) in [6.45, 7) is 2.06. The summed E-state index contributed by atoms with van der Waals surface area (Å²) < 4.78 is 4.78. The Balaban J connectivity index is 2.04. The molecule has 2 aromatic heterocycles. The molecule has 5 heteroatoms. The SMILES string of the molecule is Cc1cccc2nc(-c3cccc4nonc34)[nH]c12. The van der Waals surface area contributed by atoms with Gasteiger partial charge >= 0.3 is 0 Å². The van der Waals surface area contributed by atoms with E-state index < -0.39 is 0 Å². The van der Waals surface area contributed by atoms with Gasteiger partial charge in [0.05, 0.1) is 11.0 Å². The van der Waals surface area contributed by atoms with Crippen LogP contribution in [0.25, 0.3) is 33.5 Å². The smallest absolute Gasteiger partial charge is 0.146 e. The Morgan fingerprint density at radius 1 is 1.00 bits per heavy atom. The maximum Gasteiger partial charge on any atom is 0.146 e. The molecule has 0 amide bonds. The van der Waals surface area contributed by atoms with Crippen molar-refractivity contribution in [1.29, 1.82) is 0 Å². The summed E-state index contributed by atoms with van der Waals surface area (Å²) in [5.41, 5.74) is 5.51. The Kier molecular flexibility index (Phi) is 1.97. The molecule has 0 radical (unpaired) electrons. The van der Waals surface area contributed by atoms with E-state index in [-0.39, 0.29) is 0 Å². The summed E-state index contributed by atoms with van der Waals surface area (Å²) in [7, 11) is 0. The molecule has 2 aromatic carbocycles. The van der Waals surface area contributed by atoms with E-state index in [4.69, 9.17) is 4.63 Å². The number of aromatic nitrogens is 4. The summed E-state index contributed by atoms with van der Waals surface area (Å²) in [6, 6.07) is 11.8. The van der Waals surface area contributed by atoms with Gasteiger partial charge in [0.25, 0.3) is 0 Å². The van der Waals surface area contributed by atoms with Gasteiger partial charge in [-0.25, -0.2) is 9.61 Å². The maximum atomic E-state index is 4.78. The quantitative estimate of drug-likeness (QED) is 0.563. The Morgan fingerprint density at radius 3 is 2.74 bits per heavy atom. The van der Waals surface area contributed by atoms with E-state index >= 15 is 0 Å². The number of imidazole rings is 1. The van der Waals surface area contributed by atoms with Gasteiger partial charge in [-0.2, -0.15) is 0 Å². The highest BCUT2D eigenvalue weighted by Gasteiger charge is 2.12. The van der Waals surface area contributed by atoms with Crippen LogP contribution in [0.4, 0.5) is 0 Å². The molecule has 0 bridgehead atoms. The second-order valence-electron chi connectivity index (χ2n) is 4.49. The first-order valence-electron chi connectivity index (χ1n) is 6.00. The number of aryl methyl sites for hydroxylation is 1. The number of H-pyrrole nitrogens is 1. The predicted molar refractivity (Wildman–Crippen MR) is 71.6 cm³/mol. The van der Waals surface area contributed by atoms with Crippen LogP contribution in [0.1, 0.15) is 5.56 Å². The normalized spacial score (nSPS) is 11.4. The van der Waals surface area contributed by atoms with Crippen LogP contribution in [-0.2, 0) is 0 Å². The second-order valence-corrected chi connectivity index (χ2v) is 4.49. The number of hydrogen-bond donors (Lipinski definition) is 1. The van der Waals surface area contributed by atoms with Gasteiger partial charge in [-0.05, 0) is 41.0 Å². The van der Waals surface area contributed by atoms with Crippen molar-refractivity contribution in [3.8, 4) is 11.4 Å². The van der Waals surface area contributed by atoms with Gasteiger partial charge in [-0.15, -0.1) is 0 Å². The van der Waals surface area contributed by atoms with Crippen molar-refractivity contribution in [3.63, 3.8) is 0 Å². The van der Waals surface area contributed by atoms with Gasteiger partial charge in [-0.1, -0.05) is 18.2 Å². The van der Waals surface area contributed by atoms with Gasteiger partial charge in [0.2, 0.25) is 0 Å². The molecule has 1 N–H and O–H groups in total. The molecular weight excluding hydrogens is 240 g/mol. The van der Waals surface area contributed by atoms with Crippen LogP contribution < -0.4 is 0 Å². The molecule has 0 aliphatic rings. The molecular formula is C14H10N4O. The number of para-hydroxylation sites is 1. The molecule has 0 saturated carbocycles. The van der Waals surface area contributed by atoms with Crippen molar-refractivity contribution in [2.75, 3.05) is 0 Å². The lowest BCUT2D eigenvalue weighted by atomic mass is 10.2. The summed E-state index contributed by atoms with van der Waals surface area (Å²) in [4.78, 5) is 7.95. The fourth-order valence-corrected chi connectivity index (χ4v) is 2.30. The monoisotopic (exact) mass is 250 g/mol. The zero-order chi connectivity index (χ0) is 12.8. The first-order chi connectivity index (χ1) is 9.33. The minimum atomic E-state index is 0.721. The highest BCUT2D eigenvalue weighted by molar-refractivity contribution is 5.91. The Bertz CT molecular complexity index is 891. The standard InChI is InChI=1S/C14H10N4O/c1-8-4-2-6-10-12(8)16-14(15-10)9-5-3-7-11-13(9)18-19-17-11/h2-7H,1H3,(H,15,16). The van der Waals surface area contributed by atoms with Gasteiger partial charge in [0, 0.05) is 5.56 Å². The number of fused-ring (bicyclic) bond motifs is 2. The van der Waals surface area contributed by atoms with Gasteiger partial charge in [0.15, 0.2) is 0 Å². The average Bonchev–Trinajstić information content (AvgIpc) is 3.05. The zero-order valence-electron chi connectivity index (χ0n) is 10.2. The minimum Gasteiger partial charge on any atom is -0.338 e. The van der Waals surface area contributed by atoms with Crippen LogP contribution in [0, 0.1) is 6.92 Å². The molecule has 4 rings (SSSR count). The number of aromatic amines is 1. The molecule has 2 heterocycles. The van der Waals surface area contributed by atoms with E-state index in [2.05, 4.69) is 33.3 Å². The third kappa shape index (κ3) is 1.45. The number of hydrogen-bond acceptors (Lipinski definition) is 4. The van der Waals surface area contributed by atoms with E-state index in [0.29, 0.717) is 0 Å². The van der Waals surface area contributed by atoms with Crippen molar-refractivity contribution in [2.45, 2.75) is 6.92 Å². The highest BCUT2D eigenvalue weighted by Crippen LogP contribution is 2.27. The number of nitrogens with one attached hydrogen (secondary N) is 1. The van der Waals surface area contributed by atoms with Crippen LogP contribution in [0.5, 0.6) is 0 Å². The molecule has 0 aliphatic heterocycles. The number of benzene rings is 2. The van der Waals surface area contributed by atoms with E-state index in [0.717, 1.165) is 33.5 Å². The molecule has 4 aromatic rings. The summed E-state index contributed by atoms with van der Waals surface area (Å²) in [5, 5.41) is 7.79. The first kappa shape index (κ1) is 10.3. The number of nitrogens with zero attached hydrogens (tertiary/aromatic N) is 3. The van der Waals surface area contributed by atoms with Crippen LogP contribution in [0.2, 0.25) is 0 Å². The maximum absolute atomic E-state index is 4.78. The average molecular weight is 250 g/mol. The molecule has 19 heavy (non-hydrogen) atoms. The van der Waals surface area contributed by atoms with E-state index in [9.17, 15) is 0 Å². The Morgan fingerprint density at radius 2 is 1.84 bits per heavy atom. The van der Waals surface area contributed by atoms with Crippen molar-refractivity contribution in [1.82, 2.24) is 20.3 Å². The summed E-state index contributed by atoms with van der Waals surface area (Å²) in [6.07, 6.45) is 0. The Labute approximate surface area is 108 Å². The molecule has 0 aliphatic carbocycles. The van der Waals surface area contributed by atoms with E-state index in [1.807, 2.05) is 30.3 Å². The van der Waals surface area contributed by atoms with Crippen LogP contribution >= 0.6 is 0 Å². The van der Waals surface area contributed by atoms with Crippen molar-refractivity contribution in [2.24, 2.45) is 0 Å². The van der Waals surface area contributed by atoms with Crippen LogP contribution in [-0.4, -0.2) is 20.3 Å². The lowest BCUT2D eigenvalue weighted by Gasteiger charge is -1.95. The zero-order valence-corrected chi connectivity index (χ0v) is 10.2. The molecule has 0 atom stereocenters. The first-order valence-corrected chi connectivity index (χ1v) is 6.00. The van der Waals surface area contributed by atoms with Gasteiger partial charge < -0.3 is 4.98 Å². The molecule has 0 fully saturated rings. The Hall–Kier alpha value is -2.69. The van der Waals surface area contributed by atoms with Crippen molar-refractivity contribution in [3.05, 3.63) is 42.0 Å². The minimum absolute atomic E-state index is 0.721. The molecule has 92 valence electrons. The van der Waals surface area contributed by atoms with Gasteiger partial charge in [-0.3, -0.25) is 0 Å². The highest BCUT2D eigenvalue weighted by atomic mass is 16.6. The second kappa shape index (κ2) is 3.65. The lowest BCUT2D eigenvalue weighted by Crippen LogP contribution is -1.82. The topological polar surface area (TPSA) is 67.6 Å². The van der Waals surface area contributed by atoms with Gasteiger partial charge in [0.1, 0.15) is 16.9 Å². The summed E-state index contributed by atoms with van der Waals surface area (Å²) in [5.74, 6) is 0.783. The molecule has 0 spiro atoms.